The van der Waals surface area contributed by atoms with Crippen LogP contribution in [0.15, 0.2) is 42.7 Å². The van der Waals surface area contributed by atoms with Crippen molar-refractivity contribution in [3.63, 3.8) is 0 Å². The second-order valence-corrected chi connectivity index (χ2v) is 7.73. The molecule has 0 saturated carbocycles. The summed E-state index contributed by atoms with van der Waals surface area (Å²) in [4.78, 5) is 18.9. The lowest BCUT2D eigenvalue weighted by Crippen LogP contribution is -2.54. The van der Waals surface area contributed by atoms with Gasteiger partial charge in [-0.2, -0.15) is 0 Å². The first-order valence-corrected chi connectivity index (χ1v) is 9.74. The topological polar surface area (TPSA) is 74.7 Å². The predicted octanol–water partition coefficient (Wildman–Crippen LogP) is 2.72. The first kappa shape index (κ1) is 20.1. The Morgan fingerprint density at radius 2 is 2.11 bits per heavy atom. The summed E-state index contributed by atoms with van der Waals surface area (Å²) in [5.41, 5.74) is 3.04. The van der Waals surface area contributed by atoms with Gasteiger partial charge in [0.1, 0.15) is 17.9 Å². The molecule has 6 heteroatoms. The van der Waals surface area contributed by atoms with Crippen molar-refractivity contribution in [2.24, 2.45) is 5.92 Å². The van der Waals surface area contributed by atoms with Crippen molar-refractivity contribution in [3.05, 3.63) is 53.9 Å². The maximum Gasteiger partial charge on any atom is 0.243 e. The molecule has 1 amide bonds. The Balaban J connectivity index is 1.93. The van der Waals surface area contributed by atoms with E-state index >= 15 is 0 Å². The molecule has 2 aromatic rings. The number of carbonyl (C=O) groups excluding carboxylic acids is 1. The van der Waals surface area contributed by atoms with E-state index in [1.807, 2.05) is 63.1 Å². The van der Waals surface area contributed by atoms with Gasteiger partial charge in [-0.1, -0.05) is 26.0 Å². The molecule has 3 rings (SSSR count). The number of carbonyl (C=O) groups is 1. The number of aliphatic hydroxyl groups excluding tert-OH is 1. The first-order chi connectivity index (χ1) is 13.4. The van der Waals surface area contributed by atoms with E-state index in [1.165, 1.54) is 0 Å². The summed E-state index contributed by atoms with van der Waals surface area (Å²) in [5.74, 6) is 0.803. The molecule has 2 N–H and O–H groups in total. The van der Waals surface area contributed by atoms with Crippen molar-refractivity contribution in [3.8, 4) is 5.75 Å². The van der Waals surface area contributed by atoms with Gasteiger partial charge in [-0.05, 0) is 37.0 Å². The monoisotopic (exact) mass is 383 g/mol. The Labute approximate surface area is 166 Å². The van der Waals surface area contributed by atoms with E-state index in [-0.39, 0.29) is 36.6 Å². The summed E-state index contributed by atoms with van der Waals surface area (Å²) in [7, 11) is 1.94. The Morgan fingerprint density at radius 1 is 1.32 bits per heavy atom. The highest BCUT2D eigenvalue weighted by atomic mass is 16.5. The molecule has 0 spiro atoms. The predicted molar refractivity (Wildman–Crippen MR) is 109 cm³/mol. The van der Waals surface area contributed by atoms with E-state index in [0.717, 1.165) is 22.6 Å². The molecule has 6 nitrogen and oxygen atoms in total. The number of nitrogens with one attached hydrogen (secondary N) is 1. The summed E-state index contributed by atoms with van der Waals surface area (Å²) >= 11 is 0. The number of nitrogens with zero attached hydrogens (tertiary/aromatic N) is 2. The highest BCUT2D eigenvalue weighted by Crippen LogP contribution is 2.32. The Bertz CT molecular complexity index is 810. The van der Waals surface area contributed by atoms with E-state index in [0.29, 0.717) is 6.42 Å². The summed E-state index contributed by atoms with van der Waals surface area (Å²) < 4.78 is 6.15. The number of fused-ring (bicyclic) bond motifs is 1. The van der Waals surface area contributed by atoms with Crippen LogP contribution >= 0.6 is 0 Å². The number of anilines is 1. The zero-order valence-corrected chi connectivity index (χ0v) is 16.9. The first-order valence-electron chi connectivity index (χ1n) is 9.74. The average molecular weight is 383 g/mol. The maximum absolute atomic E-state index is 12.7. The second-order valence-electron chi connectivity index (χ2n) is 7.73. The molecular formula is C22H29N3O3. The number of benzene rings is 1. The summed E-state index contributed by atoms with van der Waals surface area (Å²) in [5, 5.41) is 12.7. The van der Waals surface area contributed by atoms with Crippen LogP contribution in [0.4, 0.5) is 5.69 Å². The van der Waals surface area contributed by atoms with E-state index < -0.39 is 0 Å². The molecule has 1 aliphatic rings. The zero-order valence-electron chi connectivity index (χ0n) is 16.9. The molecule has 0 aliphatic carbocycles. The Hall–Kier alpha value is -2.60. The minimum Gasteiger partial charge on any atom is -0.486 e. The van der Waals surface area contributed by atoms with Crippen LogP contribution in [-0.2, 0) is 11.2 Å². The number of ether oxygens (including phenoxy) is 1. The van der Waals surface area contributed by atoms with Gasteiger partial charge in [0, 0.05) is 36.8 Å². The number of amides is 1. The molecule has 1 unspecified atom stereocenters. The highest BCUT2D eigenvalue weighted by molar-refractivity contribution is 5.86. The molecule has 2 heterocycles. The van der Waals surface area contributed by atoms with Crippen molar-refractivity contribution >= 4 is 11.6 Å². The minimum absolute atomic E-state index is 0.0581. The van der Waals surface area contributed by atoms with Crippen LogP contribution in [0.5, 0.6) is 5.75 Å². The molecular weight excluding hydrogens is 354 g/mol. The lowest BCUT2D eigenvalue weighted by atomic mass is 9.95. The van der Waals surface area contributed by atoms with Crippen LogP contribution in [0.3, 0.4) is 0 Å². The molecule has 3 atom stereocenters. The Kier molecular flexibility index (Phi) is 6.19. The average Bonchev–Trinajstić information content (AvgIpc) is 2.67. The fourth-order valence-corrected chi connectivity index (χ4v) is 3.80. The SMILES string of the molecule is CC(Oc1ccc2c(c1)N(C)[C@H](C(C)C)C(=O)N[C@@H](CO)C2)c1cccnc1. The van der Waals surface area contributed by atoms with E-state index in [9.17, 15) is 9.90 Å². The quantitative estimate of drug-likeness (QED) is 0.830. The van der Waals surface area contributed by atoms with Crippen LogP contribution in [0, 0.1) is 5.92 Å². The maximum atomic E-state index is 12.7. The lowest BCUT2D eigenvalue weighted by Gasteiger charge is -2.37. The third-order valence-corrected chi connectivity index (χ3v) is 5.25. The standard InChI is InChI=1S/C22H29N3O3/c1-14(2)21-22(27)24-18(13-26)10-16-7-8-19(11-20(16)25(21)4)28-15(3)17-6-5-9-23-12-17/h5-9,11-12,14-15,18,21,26H,10,13H2,1-4H3,(H,24,27)/t15?,18-,21-/m1/s1. The van der Waals surface area contributed by atoms with E-state index in [1.54, 1.807) is 12.4 Å². The lowest BCUT2D eigenvalue weighted by molar-refractivity contribution is -0.124. The van der Waals surface area contributed by atoms with Gasteiger partial charge in [-0.25, -0.2) is 0 Å². The van der Waals surface area contributed by atoms with Gasteiger partial charge in [-0.3, -0.25) is 9.78 Å². The number of aromatic nitrogens is 1. The van der Waals surface area contributed by atoms with Gasteiger partial charge in [-0.15, -0.1) is 0 Å². The molecule has 150 valence electrons. The van der Waals surface area contributed by atoms with Gasteiger partial charge in [0.15, 0.2) is 0 Å². The second kappa shape index (κ2) is 8.61. The normalized spacial score (nSPS) is 20.8. The zero-order chi connectivity index (χ0) is 20.3. The van der Waals surface area contributed by atoms with Gasteiger partial charge in [0.05, 0.1) is 12.6 Å². The van der Waals surface area contributed by atoms with Crippen LogP contribution < -0.4 is 15.0 Å². The molecule has 0 saturated heterocycles. The van der Waals surface area contributed by atoms with Gasteiger partial charge in [0.2, 0.25) is 5.91 Å². The largest absolute Gasteiger partial charge is 0.486 e. The summed E-state index contributed by atoms with van der Waals surface area (Å²) in [6.07, 6.45) is 3.98. The van der Waals surface area contributed by atoms with Crippen LogP contribution in [0.25, 0.3) is 0 Å². The van der Waals surface area contributed by atoms with Crippen LogP contribution in [0.2, 0.25) is 0 Å². The Morgan fingerprint density at radius 3 is 2.75 bits per heavy atom. The van der Waals surface area contributed by atoms with Crippen LogP contribution in [-0.4, -0.2) is 41.7 Å². The van der Waals surface area contributed by atoms with E-state index in [2.05, 4.69) is 10.3 Å². The number of pyridine rings is 1. The number of rotatable bonds is 5. The third-order valence-electron chi connectivity index (χ3n) is 5.25. The summed E-state index contributed by atoms with van der Waals surface area (Å²) in [6, 6.07) is 9.23. The van der Waals surface area contributed by atoms with Crippen molar-refractivity contribution in [2.45, 2.75) is 45.4 Å². The fourth-order valence-electron chi connectivity index (χ4n) is 3.80. The van der Waals surface area contributed by atoms with Crippen molar-refractivity contribution < 1.29 is 14.6 Å². The number of likely N-dealkylation sites (N-methyl/N-ethyl adjacent to an activating group) is 1. The van der Waals surface area contributed by atoms with Crippen molar-refractivity contribution in [2.75, 3.05) is 18.6 Å². The van der Waals surface area contributed by atoms with Crippen molar-refractivity contribution in [1.29, 1.82) is 0 Å². The van der Waals surface area contributed by atoms with E-state index in [4.69, 9.17) is 4.74 Å². The van der Waals surface area contributed by atoms with Crippen molar-refractivity contribution in [1.82, 2.24) is 10.3 Å². The molecule has 28 heavy (non-hydrogen) atoms. The number of aliphatic hydroxyl groups is 1. The molecule has 0 radical (unpaired) electrons. The number of hydrogen-bond donors (Lipinski definition) is 2. The third kappa shape index (κ3) is 4.28. The van der Waals surface area contributed by atoms with Gasteiger partial charge in [0.25, 0.3) is 0 Å². The summed E-state index contributed by atoms with van der Waals surface area (Å²) in [6.45, 7) is 5.96. The molecule has 1 aromatic heterocycles. The minimum atomic E-state index is -0.320. The van der Waals surface area contributed by atoms with Gasteiger partial charge >= 0.3 is 0 Å². The molecule has 1 aromatic carbocycles. The smallest absolute Gasteiger partial charge is 0.243 e. The number of hydrogen-bond acceptors (Lipinski definition) is 5. The van der Waals surface area contributed by atoms with Gasteiger partial charge < -0.3 is 20.1 Å². The molecule has 0 fully saturated rings. The molecule has 1 aliphatic heterocycles. The highest BCUT2D eigenvalue weighted by Gasteiger charge is 2.32. The fraction of sp³-hybridized carbons (Fsp3) is 0.455. The molecule has 0 bridgehead atoms. The van der Waals surface area contributed by atoms with Crippen LogP contribution in [0.1, 0.15) is 38.0 Å².